The topological polar surface area (TPSA) is 64.6 Å². The average molecular weight is 313 g/mol. The predicted octanol–water partition coefficient (Wildman–Crippen LogP) is 2.35. The first-order valence-corrected chi connectivity index (χ1v) is 8.81. The van der Waals surface area contributed by atoms with Crippen LogP contribution in [0.5, 0.6) is 0 Å². The van der Waals surface area contributed by atoms with Gasteiger partial charge in [-0.15, -0.1) is 0 Å². The van der Waals surface area contributed by atoms with Crippen LogP contribution in [0.1, 0.15) is 59.8 Å². The summed E-state index contributed by atoms with van der Waals surface area (Å²) in [4.78, 5) is 14.2. The number of urea groups is 1. The number of hydrogen-bond acceptors (Lipinski definition) is 3. The minimum Gasteiger partial charge on any atom is -0.388 e. The smallest absolute Gasteiger partial charge is 0.314 e. The summed E-state index contributed by atoms with van der Waals surface area (Å²) in [6.07, 6.45) is 6.11. The number of nitrogens with zero attached hydrogens (tertiary/aromatic N) is 1. The highest BCUT2D eigenvalue weighted by Crippen LogP contribution is 2.16. The normalized spacial score (nSPS) is 22.4. The highest BCUT2D eigenvalue weighted by molar-refractivity contribution is 5.73. The zero-order chi connectivity index (χ0) is 16.6. The lowest BCUT2D eigenvalue weighted by Gasteiger charge is -2.33. The molecule has 2 atom stereocenters. The van der Waals surface area contributed by atoms with Gasteiger partial charge in [-0.3, -0.25) is 0 Å². The van der Waals surface area contributed by atoms with Crippen LogP contribution in [0, 0.1) is 5.92 Å². The van der Waals surface area contributed by atoms with E-state index in [2.05, 4.69) is 22.5 Å². The van der Waals surface area contributed by atoms with E-state index in [9.17, 15) is 9.90 Å². The molecular weight excluding hydrogens is 278 g/mol. The summed E-state index contributed by atoms with van der Waals surface area (Å²) in [5.41, 5.74) is -0.859. The van der Waals surface area contributed by atoms with Crippen molar-refractivity contribution in [3.63, 3.8) is 0 Å². The third kappa shape index (κ3) is 6.97. The van der Waals surface area contributed by atoms with E-state index in [0.29, 0.717) is 12.6 Å². The third-order valence-corrected chi connectivity index (χ3v) is 4.95. The van der Waals surface area contributed by atoms with Gasteiger partial charge in [-0.05, 0) is 58.5 Å². The molecule has 1 rings (SSSR count). The van der Waals surface area contributed by atoms with E-state index in [0.717, 1.165) is 19.4 Å². The fourth-order valence-corrected chi connectivity index (χ4v) is 2.66. The molecule has 1 heterocycles. The molecule has 5 nitrogen and oxygen atoms in total. The quantitative estimate of drug-likeness (QED) is 0.603. The summed E-state index contributed by atoms with van der Waals surface area (Å²) in [7, 11) is 0. The zero-order valence-corrected chi connectivity index (χ0v) is 14.8. The predicted molar refractivity (Wildman–Crippen MR) is 91.0 cm³/mol. The highest BCUT2D eigenvalue weighted by Gasteiger charge is 2.25. The van der Waals surface area contributed by atoms with Gasteiger partial charge in [-0.2, -0.15) is 0 Å². The maximum absolute atomic E-state index is 11.7. The molecule has 0 aliphatic carbocycles. The Hall–Kier alpha value is -0.810. The highest BCUT2D eigenvalue weighted by atomic mass is 16.3. The van der Waals surface area contributed by atoms with Crippen molar-refractivity contribution >= 4 is 6.03 Å². The van der Waals surface area contributed by atoms with Crippen LogP contribution in [0.4, 0.5) is 4.79 Å². The van der Waals surface area contributed by atoms with Gasteiger partial charge in [0.25, 0.3) is 0 Å². The number of hydrogen-bond donors (Lipinski definition) is 3. The Labute approximate surface area is 135 Å². The van der Waals surface area contributed by atoms with Crippen LogP contribution in [0.2, 0.25) is 0 Å². The first-order valence-electron chi connectivity index (χ1n) is 8.81. The van der Waals surface area contributed by atoms with Crippen LogP contribution < -0.4 is 10.6 Å². The maximum Gasteiger partial charge on any atom is 0.314 e. The molecule has 1 saturated heterocycles. The molecule has 0 saturated carbocycles. The summed E-state index contributed by atoms with van der Waals surface area (Å²) in [5.74, 6) is 0.110. The number of amides is 2. The van der Waals surface area contributed by atoms with Gasteiger partial charge in [0.15, 0.2) is 0 Å². The van der Waals surface area contributed by atoms with Gasteiger partial charge >= 0.3 is 6.03 Å². The van der Waals surface area contributed by atoms with Gasteiger partial charge < -0.3 is 20.6 Å². The molecule has 1 aliphatic heterocycles. The molecule has 0 aromatic carbocycles. The molecule has 0 radical (unpaired) electrons. The summed E-state index contributed by atoms with van der Waals surface area (Å²) in [6.45, 7) is 11.3. The van der Waals surface area contributed by atoms with Crippen molar-refractivity contribution in [1.29, 1.82) is 0 Å². The first-order chi connectivity index (χ1) is 10.3. The number of carbonyl (C=O) groups excluding carboxylic acids is 1. The number of aliphatic hydroxyl groups is 1. The van der Waals surface area contributed by atoms with Crippen LogP contribution >= 0.6 is 0 Å². The standard InChI is InChI=1S/C17H35N3O2/c1-14(2)17(4,22)13-19-16(21)18-10-6-8-12-20-11-7-5-9-15(20)3/h14-15,22H,5-13H2,1-4H3,(H2,18,19,21). The molecule has 1 fully saturated rings. The fraction of sp³-hybridized carbons (Fsp3) is 0.941. The van der Waals surface area contributed by atoms with Crippen LogP contribution in [0.15, 0.2) is 0 Å². The molecule has 22 heavy (non-hydrogen) atoms. The van der Waals surface area contributed by atoms with Crippen molar-refractivity contribution in [2.75, 3.05) is 26.2 Å². The van der Waals surface area contributed by atoms with Crippen molar-refractivity contribution in [3.8, 4) is 0 Å². The number of nitrogens with one attached hydrogen (secondary N) is 2. The van der Waals surface area contributed by atoms with E-state index >= 15 is 0 Å². The van der Waals surface area contributed by atoms with Gasteiger partial charge in [0.2, 0.25) is 0 Å². The van der Waals surface area contributed by atoms with E-state index in [1.165, 1.54) is 25.8 Å². The minimum atomic E-state index is -0.859. The minimum absolute atomic E-state index is 0.110. The monoisotopic (exact) mass is 313 g/mol. The van der Waals surface area contributed by atoms with Crippen LogP contribution in [-0.4, -0.2) is 53.9 Å². The van der Waals surface area contributed by atoms with Crippen molar-refractivity contribution < 1.29 is 9.90 Å². The van der Waals surface area contributed by atoms with E-state index in [1.54, 1.807) is 6.92 Å². The number of unbranched alkanes of at least 4 members (excludes halogenated alkanes) is 1. The summed E-state index contributed by atoms with van der Waals surface area (Å²) >= 11 is 0. The molecule has 0 aromatic heterocycles. The molecule has 0 bridgehead atoms. The molecular formula is C17H35N3O2. The molecule has 2 amide bonds. The maximum atomic E-state index is 11.7. The summed E-state index contributed by atoms with van der Waals surface area (Å²) in [5, 5.41) is 15.7. The lowest BCUT2D eigenvalue weighted by Crippen LogP contribution is -2.47. The Morgan fingerprint density at radius 1 is 1.32 bits per heavy atom. The Balaban J connectivity index is 2.05. The van der Waals surface area contributed by atoms with Crippen molar-refractivity contribution in [2.24, 2.45) is 5.92 Å². The van der Waals surface area contributed by atoms with E-state index in [-0.39, 0.29) is 18.5 Å². The number of rotatable bonds is 8. The Morgan fingerprint density at radius 2 is 2.05 bits per heavy atom. The van der Waals surface area contributed by atoms with Crippen molar-refractivity contribution in [1.82, 2.24) is 15.5 Å². The molecule has 130 valence electrons. The van der Waals surface area contributed by atoms with Crippen LogP contribution in [0.3, 0.4) is 0 Å². The van der Waals surface area contributed by atoms with E-state index < -0.39 is 5.60 Å². The van der Waals surface area contributed by atoms with Gasteiger partial charge in [-0.1, -0.05) is 20.3 Å². The zero-order valence-electron chi connectivity index (χ0n) is 14.8. The third-order valence-electron chi connectivity index (χ3n) is 4.95. The van der Waals surface area contributed by atoms with Gasteiger partial charge in [-0.25, -0.2) is 4.79 Å². The van der Waals surface area contributed by atoms with Crippen LogP contribution in [0.25, 0.3) is 0 Å². The number of likely N-dealkylation sites (tertiary alicyclic amines) is 1. The molecule has 0 spiro atoms. The average Bonchev–Trinajstić information content (AvgIpc) is 2.46. The second-order valence-electron chi connectivity index (χ2n) is 7.21. The second-order valence-corrected chi connectivity index (χ2v) is 7.21. The van der Waals surface area contributed by atoms with Crippen molar-refractivity contribution in [3.05, 3.63) is 0 Å². The Bertz CT molecular complexity index is 332. The largest absolute Gasteiger partial charge is 0.388 e. The molecule has 0 aromatic rings. The fourth-order valence-electron chi connectivity index (χ4n) is 2.66. The lowest BCUT2D eigenvalue weighted by molar-refractivity contribution is 0.0166. The Kier molecular flexibility index (Phi) is 8.18. The van der Waals surface area contributed by atoms with Crippen molar-refractivity contribution in [2.45, 2.75) is 71.4 Å². The second kappa shape index (κ2) is 9.36. The summed E-state index contributed by atoms with van der Waals surface area (Å²) in [6, 6.07) is 0.524. The lowest BCUT2D eigenvalue weighted by atomic mass is 9.93. The SMILES string of the molecule is CC1CCCCN1CCCCNC(=O)NCC(C)(O)C(C)C. The van der Waals surface area contributed by atoms with Gasteiger partial charge in [0.1, 0.15) is 0 Å². The number of carbonyl (C=O) groups is 1. The van der Waals surface area contributed by atoms with E-state index in [4.69, 9.17) is 0 Å². The molecule has 1 aliphatic rings. The molecule has 3 N–H and O–H groups in total. The first kappa shape index (κ1) is 19.2. The Morgan fingerprint density at radius 3 is 2.68 bits per heavy atom. The van der Waals surface area contributed by atoms with Gasteiger partial charge in [0, 0.05) is 19.1 Å². The molecule has 2 unspecified atom stereocenters. The van der Waals surface area contributed by atoms with Gasteiger partial charge in [0.05, 0.1) is 5.60 Å². The summed E-state index contributed by atoms with van der Waals surface area (Å²) < 4.78 is 0. The van der Waals surface area contributed by atoms with Crippen LogP contribution in [-0.2, 0) is 0 Å². The number of piperidine rings is 1. The van der Waals surface area contributed by atoms with E-state index in [1.807, 2.05) is 13.8 Å². The molecule has 5 heteroatoms.